The molecule has 1 nitrogen and oxygen atoms in total. The number of hydrogen-bond donors (Lipinski definition) is 0. The summed E-state index contributed by atoms with van der Waals surface area (Å²) < 4.78 is 44.8. The quantitative estimate of drug-likeness (QED) is 0.356. The van der Waals surface area contributed by atoms with Crippen LogP contribution in [0.2, 0.25) is 13.3 Å². The van der Waals surface area contributed by atoms with E-state index < -0.39 is 36.0 Å². The average Bonchev–Trinajstić information content (AvgIpc) is 2.53. The molecule has 1 aromatic heterocycles. The van der Waals surface area contributed by atoms with Crippen LogP contribution in [0.15, 0.2) is 6.20 Å². The van der Waals surface area contributed by atoms with E-state index in [4.69, 9.17) is 0 Å². The molecule has 0 fully saturated rings. The standard InChI is InChI=1S/C5HF3N.3C4H9.Sn/c6-3-1-2-9-5(8)4(3)7;3*1-3-4-2;/h2H;3*1,3-4H2,2H3;. The molecule has 0 atom stereocenters. The summed E-state index contributed by atoms with van der Waals surface area (Å²) >= 11 is -3.08. The summed E-state index contributed by atoms with van der Waals surface area (Å²) in [6, 6.07) is 0. The number of aromatic nitrogens is 1. The van der Waals surface area contributed by atoms with Crippen LogP contribution in [0.3, 0.4) is 0 Å². The second-order valence-electron chi connectivity index (χ2n) is 6.18. The van der Waals surface area contributed by atoms with Crippen LogP contribution >= 0.6 is 0 Å². The number of hydrogen-bond acceptors (Lipinski definition) is 1. The number of pyridine rings is 1. The molecule has 0 spiro atoms. The molecule has 0 aliphatic heterocycles. The fraction of sp³-hybridized carbons (Fsp3) is 0.706. The number of rotatable bonds is 10. The monoisotopic (exact) mass is 423 g/mol. The van der Waals surface area contributed by atoms with Crippen LogP contribution in [0, 0.1) is 17.6 Å². The third-order valence-corrected chi connectivity index (χ3v) is 20.0. The zero-order valence-corrected chi connectivity index (χ0v) is 16.9. The van der Waals surface area contributed by atoms with Crippen molar-refractivity contribution in [2.24, 2.45) is 0 Å². The fourth-order valence-corrected chi connectivity index (χ4v) is 19.0. The number of unbranched alkanes of at least 4 members (excludes halogenated alkanes) is 3. The van der Waals surface area contributed by atoms with Crippen molar-refractivity contribution in [1.29, 1.82) is 0 Å². The Balaban J connectivity index is 3.28. The van der Waals surface area contributed by atoms with Gasteiger partial charge in [-0.25, -0.2) is 0 Å². The molecule has 126 valence electrons. The molecular weight excluding hydrogens is 394 g/mol. The number of nitrogens with zero attached hydrogens (tertiary/aromatic N) is 1. The van der Waals surface area contributed by atoms with E-state index >= 15 is 0 Å². The van der Waals surface area contributed by atoms with Crippen molar-refractivity contribution >= 4 is 22.0 Å². The minimum absolute atomic E-state index is 0.476. The first kappa shape index (κ1) is 19.8. The van der Waals surface area contributed by atoms with E-state index in [-0.39, 0.29) is 0 Å². The molecule has 1 heterocycles. The Hall–Kier alpha value is -0.261. The predicted octanol–water partition coefficient (Wildman–Crippen LogP) is 5.56. The van der Waals surface area contributed by atoms with E-state index in [0.717, 1.165) is 51.8 Å². The Morgan fingerprint density at radius 2 is 1.27 bits per heavy atom. The predicted molar refractivity (Wildman–Crippen MR) is 88.6 cm³/mol. The van der Waals surface area contributed by atoms with Gasteiger partial charge >= 0.3 is 136 Å². The Bertz CT molecular complexity index is 444. The van der Waals surface area contributed by atoms with Crippen molar-refractivity contribution in [1.82, 2.24) is 4.98 Å². The summed E-state index contributed by atoms with van der Waals surface area (Å²) in [5.41, 5.74) is 0. The van der Waals surface area contributed by atoms with Crippen LogP contribution < -0.4 is 3.58 Å². The first-order chi connectivity index (χ1) is 10.5. The normalized spacial score (nSPS) is 11.9. The van der Waals surface area contributed by atoms with E-state index in [0.29, 0.717) is 3.58 Å². The molecular formula is C17H28F3NSn. The molecule has 0 aliphatic carbocycles. The van der Waals surface area contributed by atoms with Gasteiger partial charge in [-0.05, 0) is 0 Å². The van der Waals surface area contributed by atoms with E-state index in [9.17, 15) is 13.2 Å². The van der Waals surface area contributed by atoms with E-state index in [1.165, 1.54) is 6.20 Å². The van der Waals surface area contributed by atoms with E-state index in [1.54, 1.807) is 0 Å². The van der Waals surface area contributed by atoms with Gasteiger partial charge < -0.3 is 0 Å². The molecule has 1 aromatic rings. The molecule has 0 radical (unpaired) electrons. The van der Waals surface area contributed by atoms with Crippen LogP contribution in [-0.4, -0.2) is 23.4 Å². The summed E-state index contributed by atoms with van der Waals surface area (Å²) in [7, 11) is 0. The maximum absolute atomic E-state index is 14.4. The molecule has 0 aromatic carbocycles. The minimum atomic E-state index is -3.08. The van der Waals surface area contributed by atoms with Crippen LogP contribution in [0.25, 0.3) is 0 Å². The molecule has 0 saturated heterocycles. The Morgan fingerprint density at radius 3 is 1.68 bits per heavy atom. The van der Waals surface area contributed by atoms with Crippen molar-refractivity contribution in [3.63, 3.8) is 0 Å². The Kier molecular flexibility index (Phi) is 8.80. The summed E-state index contributed by atoms with van der Waals surface area (Å²) in [4.78, 5) is 3.50. The second kappa shape index (κ2) is 9.78. The Morgan fingerprint density at radius 1 is 0.818 bits per heavy atom. The van der Waals surface area contributed by atoms with Gasteiger partial charge in [-0.3, -0.25) is 0 Å². The fourth-order valence-electron chi connectivity index (χ4n) is 3.14. The summed E-state index contributed by atoms with van der Waals surface area (Å²) in [6.45, 7) is 6.36. The molecule has 0 saturated carbocycles. The molecule has 0 amide bonds. The van der Waals surface area contributed by atoms with Gasteiger partial charge in [0.15, 0.2) is 0 Å². The van der Waals surface area contributed by atoms with Gasteiger partial charge in [0, 0.05) is 0 Å². The first-order valence-electron chi connectivity index (χ1n) is 8.52. The van der Waals surface area contributed by atoms with Gasteiger partial charge in [0.05, 0.1) is 0 Å². The van der Waals surface area contributed by atoms with Crippen LogP contribution in [0.1, 0.15) is 59.3 Å². The van der Waals surface area contributed by atoms with Crippen molar-refractivity contribution in [3.8, 4) is 0 Å². The summed E-state index contributed by atoms with van der Waals surface area (Å²) in [5.74, 6) is -3.66. The third-order valence-electron chi connectivity index (χ3n) is 4.52. The second-order valence-corrected chi connectivity index (χ2v) is 19.3. The maximum atomic E-state index is 14.4. The number of halogens is 3. The van der Waals surface area contributed by atoms with Gasteiger partial charge in [-0.1, -0.05) is 0 Å². The van der Waals surface area contributed by atoms with Crippen molar-refractivity contribution < 1.29 is 13.2 Å². The SMILES string of the molecule is CCC[CH2][Sn]([CH2]CCC)([CH2]CCC)[c]1cnc(F)c(F)c1F. The molecule has 0 aliphatic rings. The molecule has 0 N–H and O–H groups in total. The van der Waals surface area contributed by atoms with Gasteiger partial charge in [0.25, 0.3) is 0 Å². The average molecular weight is 422 g/mol. The first-order valence-corrected chi connectivity index (χ1v) is 16.0. The van der Waals surface area contributed by atoms with Crippen molar-refractivity contribution in [2.75, 3.05) is 0 Å². The van der Waals surface area contributed by atoms with Gasteiger partial charge in [0.2, 0.25) is 0 Å². The van der Waals surface area contributed by atoms with Crippen LogP contribution in [-0.2, 0) is 0 Å². The van der Waals surface area contributed by atoms with E-state index in [2.05, 4.69) is 25.8 Å². The van der Waals surface area contributed by atoms with Crippen LogP contribution in [0.5, 0.6) is 0 Å². The summed E-state index contributed by atoms with van der Waals surface area (Å²) in [5, 5.41) is 0. The third kappa shape index (κ3) is 4.87. The van der Waals surface area contributed by atoms with Gasteiger partial charge in [0.1, 0.15) is 0 Å². The molecule has 1 rings (SSSR count). The zero-order valence-electron chi connectivity index (χ0n) is 14.0. The van der Waals surface area contributed by atoms with Gasteiger partial charge in [-0.2, -0.15) is 0 Å². The summed E-state index contributed by atoms with van der Waals surface area (Å²) in [6.07, 6.45) is 7.59. The molecule has 0 bridgehead atoms. The Labute approximate surface area is 136 Å². The molecule has 22 heavy (non-hydrogen) atoms. The van der Waals surface area contributed by atoms with Crippen molar-refractivity contribution in [2.45, 2.75) is 72.6 Å². The molecule has 0 unspecified atom stereocenters. The molecule has 5 heteroatoms. The topological polar surface area (TPSA) is 12.9 Å². The van der Waals surface area contributed by atoms with E-state index in [1.807, 2.05) is 0 Å². The zero-order chi connectivity index (χ0) is 16.6. The van der Waals surface area contributed by atoms with Gasteiger partial charge in [-0.15, -0.1) is 0 Å². The van der Waals surface area contributed by atoms with Crippen LogP contribution in [0.4, 0.5) is 13.2 Å². The van der Waals surface area contributed by atoms with Crippen molar-refractivity contribution in [3.05, 3.63) is 23.8 Å².